The Bertz CT molecular complexity index is 941. The van der Waals surface area contributed by atoms with Crippen LogP contribution in [0.15, 0.2) is 61.2 Å². The average molecular weight is 381 g/mol. The van der Waals surface area contributed by atoms with E-state index in [1.165, 1.54) is 23.4 Å². The molecule has 1 atom stereocenters. The smallest absolute Gasteiger partial charge is 0.249 e. The number of anilines is 2. The molecule has 0 spiro atoms. The van der Waals surface area contributed by atoms with Gasteiger partial charge in [-0.1, -0.05) is 18.2 Å². The van der Waals surface area contributed by atoms with Crippen molar-refractivity contribution in [3.63, 3.8) is 0 Å². The summed E-state index contributed by atoms with van der Waals surface area (Å²) in [5.74, 6) is -0.748. The molecule has 0 bridgehead atoms. The molecular weight excluding hydrogens is 361 g/mol. The summed E-state index contributed by atoms with van der Waals surface area (Å²) in [6.07, 6.45) is 3.35. The van der Waals surface area contributed by atoms with Gasteiger partial charge in [0, 0.05) is 17.8 Å². The van der Waals surface area contributed by atoms with Crippen molar-refractivity contribution in [1.82, 2.24) is 14.8 Å². The number of carbonyl (C=O) groups is 2. The maximum absolute atomic E-state index is 13.6. The summed E-state index contributed by atoms with van der Waals surface area (Å²) in [5, 5.41) is 9.49. The molecule has 3 aromatic rings. The standard InChI is InChI=1S/C20H20FN5O2/c1-14(26-13-22-12-23-26)20(28)25-17-9-7-16(8-10-17)24-19(27)11-6-15-4-2-3-5-18(15)21/h2-5,7-10,12-14H,6,11H2,1H3,(H,24,27)(H,25,28)/t14-/m1/s1. The van der Waals surface area contributed by atoms with Crippen LogP contribution < -0.4 is 10.6 Å². The minimum atomic E-state index is -0.500. The Morgan fingerprint density at radius 3 is 2.39 bits per heavy atom. The molecule has 0 radical (unpaired) electrons. The van der Waals surface area contributed by atoms with Crippen molar-refractivity contribution in [1.29, 1.82) is 0 Å². The van der Waals surface area contributed by atoms with Crippen LogP contribution in [-0.4, -0.2) is 26.6 Å². The molecule has 144 valence electrons. The highest BCUT2D eigenvalue weighted by molar-refractivity contribution is 5.94. The van der Waals surface area contributed by atoms with E-state index in [0.717, 1.165) is 0 Å². The van der Waals surface area contributed by atoms with Gasteiger partial charge in [-0.25, -0.2) is 14.1 Å². The number of amides is 2. The first-order valence-corrected chi connectivity index (χ1v) is 8.81. The number of rotatable bonds is 7. The molecule has 0 aliphatic heterocycles. The van der Waals surface area contributed by atoms with Gasteiger partial charge in [-0.3, -0.25) is 9.59 Å². The summed E-state index contributed by atoms with van der Waals surface area (Å²) in [4.78, 5) is 28.1. The maximum Gasteiger partial charge on any atom is 0.249 e. The van der Waals surface area contributed by atoms with Crippen LogP contribution in [0, 0.1) is 5.82 Å². The number of nitrogens with zero attached hydrogens (tertiary/aromatic N) is 3. The molecular formula is C20H20FN5O2. The monoisotopic (exact) mass is 381 g/mol. The molecule has 0 aliphatic carbocycles. The van der Waals surface area contributed by atoms with Crippen LogP contribution in [0.4, 0.5) is 15.8 Å². The Balaban J connectivity index is 1.50. The Morgan fingerprint density at radius 2 is 1.75 bits per heavy atom. The second kappa shape index (κ2) is 8.90. The number of benzene rings is 2. The van der Waals surface area contributed by atoms with E-state index in [9.17, 15) is 14.0 Å². The number of carbonyl (C=O) groups excluding carboxylic acids is 2. The zero-order valence-electron chi connectivity index (χ0n) is 15.3. The van der Waals surface area contributed by atoms with E-state index in [4.69, 9.17) is 0 Å². The minimum Gasteiger partial charge on any atom is -0.326 e. The minimum absolute atomic E-state index is 0.175. The highest BCUT2D eigenvalue weighted by Crippen LogP contribution is 2.16. The molecule has 2 aromatic carbocycles. The van der Waals surface area contributed by atoms with Crippen LogP contribution in [0.2, 0.25) is 0 Å². The van der Waals surface area contributed by atoms with Gasteiger partial charge in [0.2, 0.25) is 11.8 Å². The van der Waals surface area contributed by atoms with Gasteiger partial charge < -0.3 is 10.6 Å². The molecule has 1 aromatic heterocycles. The van der Waals surface area contributed by atoms with E-state index in [1.807, 2.05) is 0 Å². The molecule has 0 aliphatic rings. The first kappa shape index (κ1) is 19.2. The lowest BCUT2D eigenvalue weighted by atomic mass is 10.1. The van der Waals surface area contributed by atoms with E-state index in [1.54, 1.807) is 49.4 Å². The lowest BCUT2D eigenvalue weighted by Crippen LogP contribution is -2.24. The van der Waals surface area contributed by atoms with Gasteiger partial charge in [-0.15, -0.1) is 0 Å². The molecule has 8 heteroatoms. The number of halogens is 1. The van der Waals surface area contributed by atoms with Gasteiger partial charge >= 0.3 is 0 Å². The summed E-state index contributed by atoms with van der Waals surface area (Å²) in [6.45, 7) is 1.72. The van der Waals surface area contributed by atoms with Crippen LogP contribution in [0.25, 0.3) is 0 Å². The second-order valence-corrected chi connectivity index (χ2v) is 6.26. The van der Waals surface area contributed by atoms with Crippen molar-refractivity contribution in [2.45, 2.75) is 25.8 Å². The molecule has 0 saturated carbocycles. The van der Waals surface area contributed by atoms with E-state index in [-0.39, 0.29) is 24.1 Å². The van der Waals surface area contributed by atoms with Crippen LogP contribution in [0.5, 0.6) is 0 Å². The summed E-state index contributed by atoms with van der Waals surface area (Å²) in [6, 6.07) is 12.7. The fourth-order valence-electron chi connectivity index (χ4n) is 2.59. The summed E-state index contributed by atoms with van der Waals surface area (Å²) >= 11 is 0. The van der Waals surface area contributed by atoms with Crippen molar-refractivity contribution in [3.05, 3.63) is 72.6 Å². The first-order valence-electron chi connectivity index (χ1n) is 8.81. The van der Waals surface area contributed by atoms with E-state index >= 15 is 0 Å². The molecule has 2 amide bonds. The highest BCUT2D eigenvalue weighted by atomic mass is 19.1. The normalized spacial score (nSPS) is 11.6. The predicted molar refractivity (Wildman–Crippen MR) is 103 cm³/mol. The van der Waals surface area contributed by atoms with Crippen LogP contribution >= 0.6 is 0 Å². The predicted octanol–water partition coefficient (Wildman–Crippen LogP) is 3.19. The van der Waals surface area contributed by atoms with Crippen LogP contribution in [-0.2, 0) is 16.0 Å². The van der Waals surface area contributed by atoms with E-state index in [0.29, 0.717) is 23.4 Å². The molecule has 0 saturated heterocycles. The third-order valence-corrected chi connectivity index (χ3v) is 4.23. The molecule has 28 heavy (non-hydrogen) atoms. The second-order valence-electron chi connectivity index (χ2n) is 6.26. The van der Waals surface area contributed by atoms with Gasteiger partial charge in [0.1, 0.15) is 24.5 Å². The van der Waals surface area contributed by atoms with E-state index in [2.05, 4.69) is 20.7 Å². The largest absolute Gasteiger partial charge is 0.326 e. The topological polar surface area (TPSA) is 88.9 Å². The van der Waals surface area contributed by atoms with Gasteiger partial charge in [0.25, 0.3) is 0 Å². The van der Waals surface area contributed by atoms with Crippen molar-refractivity contribution in [2.75, 3.05) is 10.6 Å². The average Bonchev–Trinajstić information content (AvgIpc) is 3.23. The third-order valence-electron chi connectivity index (χ3n) is 4.23. The van der Waals surface area contributed by atoms with E-state index < -0.39 is 6.04 Å². The van der Waals surface area contributed by atoms with Crippen molar-refractivity contribution < 1.29 is 14.0 Å². The summed E-state index contributed by atoms with van der Waals surface area (Å²) < 4.78 is 15.0. The lowest BCUT2D eigenvalue weighted by molar-refractivity contribution is -0.119. The molecule has 0 unspecified atom stereocenters. The molecule has 0 fully saturated rings. The van der Waals surface area contributed by atoms with Crippen molar-refractivity contribution in [2.24, 2.45) is 0 Å². The van der Waals surface area contributed by atoms with Gasteiger partial charge in [-0.2, -0.15) is 5.10 Å². The van der Waals surface area contributed by atoms with Gasteiger partial charge in [-0.05, 0) is 49.2 Å². The Morgan fingerprint density at radius 1 is 1.07 bits per heavy atom. The third kappa shape index (κ3) is 5.00. The number of hydrogen-bond acceptors (Lipinski definition) is 4. The number of aromatic nitrogens is 3. The zero-order chi connectivity index (χ0) is 19.9. The molecule has 7 nitrogen and oxygen atoms in total. The number of nitrogens with one attached hydrogen (secondary N) is 2. The maximum atomic E-state index is 13.6. The highest BCUT2D eigenvalue weighted by Gasteiger charge is 2.15. The molecule has 2 N–H and O–H groups in total. The fraction of sp³-hybridized carbons (Fsp3) is 0.200. The summed E-state index contributed by atoms with van der Waals surface area (Å²) in [5.41, 5.74) is 1.71. The lowest BCUT2D eigenvalue weighted by Gasteiger charge is -2.12. The molecule has 3 rings (SSSR count). The van der Waals surface area contributed by atoms with Crippen molar-refractivity contribution in [3.8, 4) is 0 Å². The number of aryl methyl sites for hydroxylation is 1. The Kier molecular flexibility index (Phi) is 6.11. The van der Waals surface area contributed by atoms with Gasteiger partial charge in [0.05, 0.1) is 0 Å². The summed E-state index contributed by atoms with van der Waals surface area (Å²) in [7, 11) is 0. The van der Waals surface area contributed by atoms with Crippen LogP contribution in [0.3, 0.4) is 0 Å². The molecule has 1 heterocycles. The van der Waals surface area contributed by atoms with Crippen molar-refractivity contribution >= 4 is 23.2 Å². The first-order chi connectivity index (χ1) is 13.5. The van der Waals surface area contributed by atoms with Crippen LogP contribution in [0.1, 0.15) is 24.9 Å². The SMILES string of the molecule is C[C@H](C(=O)Nc1ccc(NC(=O)CCc2ccccc2F)cc1)n1cncn1. The zero-order valence-corrected chi connectivity index (χ0v) is 15.3. The fourth-order valence-corrected chi connectivity index (χ4v) is 2.59. The Hall–Kier alpha value is -3.55. The Labute approximate surface area is 161 Å². The quantitative estimate of drug-likeness (QED) is 0.658. The number of hydrogen-bond donors (Lipinski definition) is 2. The van der Waals surface area contributed by atoms with Gasteiger partial charge in [0.15, 0.2) is 0 Å².